The van der Waals surface area contributed by atoms with Gasteiger partial charge in [0.15, 0.2) is 0 Å². The predicted molar refractivity (Wildman–Crippen MR) is 37.4 cm³/mol. The van der Waals surface area contributed by atoms with Crippen molar-refractivity contribution in [2.75, 3.05) is 0 Å². The molecular weight excluding hydrogens is 114 g/mol. The number of nitrogens with zero attached hydrogens (tertiary/aromatic N) is 2. The lowest BCUT2D eigenvalue weighted by molar-refractivity contribution is 0.567. The highest BCUT2D eigenvalue weighted by molar-refractivity contribution is 5.62. The van der Waals surface area contributed by atoms with Gasteiger partial charge in [0.1, 0.15) is 6.34 Å². The molecule has 48 valence electrons. The minimum atomic E-state index is 0.796. The molecule has 0 radical (unpaired) electrons. The van der Waals surface area contributed by atoms with Crippen molar-refractivity contribution in [3.63, 3.8) is 0 Å². The van der Waals surface area contributed by atoms with E-state index in [1.54, 1.807) is 6.20 Å². The summed E-state index contributed by atoms with van der Waals surface area (Å²) in [7, 11) is 0. The molecule has 0 unspecified atom stereocenters. The van der Waals surface area contributed by atoms with E-state index in [1.807, 2.05) is 6.92 Å². The topological polar surface area (TPSA) is 41.6 Å². The molecule has 0 aromatic heterocycles. The molecule has 1 aliphatic heterocycles. The molecule has 0 fully saturated rings. The summed E-state index contributed by atoms with van der Waals surface area (Å²) in [5.41, 5.74) is 1.80. The third kappa shape index (κ3) is 1.000. The Morgan fingerprint density at radius 1 is 1.78 bits per heavy atom. The molecule has 2 N–H and O–H groups in total. The molecule has 0 aliphatic carbocycles. The molecule has 3 heteroatoms. The lowest BCUT2D eigenvalue weighted by Crippen LogP contribution is -2.29. The Hall–Kier alpha value is -1.09. The Labute approximate surface area is 54.1 Å². The van der Waals surface area contributed by atoms with Crippen LogP contribution in [0.1, 0.15) is 6.92 Å². The van der Waals surface area contributed by atoms with Crippen LogP contribution in [0.15, 0.2) is 29.0 Å². The van der Waals surface area contributed by atoms with E-state index in [1.165, 1.54) is 11.3 Å². The van der Waals surface area contributed by atoms with E-state index in [2.05, 4.69) is 11.6 Å². The van der Waals surface area contributed by atoms with E-state index in [0.29, 0.717) is 0 Å². The average molecular weight is 123 g/mol. The second-order valence-corrected chi connectivity index (χ2v) is 1.93. The van der Waals surface area contributed by atoms with Crippen LogP contribution in [-0.4, -0.2) is 11.3 Å². The Morgan fingerprint density at radius 3 is 2.89 bits per heavy atom. The number of nitrogens with two attached hydrogens (primary N) is 1. The normalized spacial score (nSPS) is 18.2. The van der Waals surface area contributed by atoms with Crippen molar-refractivity contribution in [2.24, 2.45) is 10.8 Å². The van der Waals surface area contributed by atoms with Crippen LogP contribution in [0.4, 0.5) is 0 Å². The van der Waals surface area contributed by atoms with Crippen molar-refractivity contribution in [2.45, 2.75) is 6.92 Å². The van der Waals surface area contributed by atoms with Gasteiger partial charge in [-0.25, -0.2) is 10.8 Å². The third-order valence-corrected chi connectivity index (χ3v) is 1.23. The Morgan fingerprint density at radius 2 is 2.44 bits per heavy atom. The van der Waals surface area contributed by atoms with E-state index in [4.69, 9.17) is 5.84 Å². The second kappa shape index (κ2) is 2.03. The zero-order valence-corrected chi connectivity index (χ0v) is 5.33. The highest BCUT2D eigenvalue weighted by Gasteiger charge is 2.04. The summed E-state index contributed by atoms with van der Waals surface area (Å²) >= 11 is 0. The van der Waals surface area contributed by atoms with Crippen LogP contribution in [0.5, 0.6) is 0 Å². The van der Waals surface area contributed by atoms with E-state index < -0.39 is 0 Å². The SMILES string of the molecule is C=C1C(C)=CN=CN1N. The zero-order valence-electron chi connectivity index (χ0n) is 5.33. The average Bonchev–Trinajstić information content (AvgIpc) is 1.83. The summed E-state index contributed by atoms with van der Waals surface area (Å²) in [6.45, 7) is 5.63. The molecule has 1 aliphatic rings. The van der Waals surface area contributed by atoms with Gasteiger partial charge in [0.25, 0.3) is 0 Å². The minimum absolute atomic E-state index is 0.796. The first-order valence-electron chi connectivity index (χ1n) is 2.65. The largest absolute Gasteiger partial charge is 0.269 e. The summed E-state index contributed by atoms with van der Waals surface area (Å²) in [6.07, 6.45) is 3.25. The quantitative estimate of drug-likeness (QED) is 0.480. The maximum Gasteiger partial charge on any atom is 0.109 e. The van der Waals surface area contributed by atoms with Crippen molar-refractivity contribution in [3.8, 4) is 0 Å². The van der Waals surface area contributed by atoms with Gasteiger partial charge in [0, 0.05) is 6.20 Å². The molecule has 0 spiro atoms. The van der Waals surface area contributed by atoms with Crippen LogP contribution >= 0.6 is 0 Å². The van der Waals surface area contributed by atoms with E-state index >= 15 is 0 Å². The summed E-state index contributed by atoms with van der Waals surface area (Å²) in [5.74, 6) is 5.41. The first kappa shape index (κ1) is 6.04. The summed E-state index contributed by atoms with van der Waals surface area (Å²) in [4.78, 5) is 3.84. The Bertz CT molecular complexity index is 190. The van der Waals surface area contributed by atoms with E-state index in [9.17, 15) is 0 Å². The van der Waals surface area contributed by atoms with Crippen molar-refractivity contribution < 1.29 is 0 Å². The molecular formula is C6H9N3. The maximum atomic E-state index is 5.41. The van der Waals surface area contributed by atoms with Gasteiger partial charge >= 0.3 is 0 Å². The number of hydrogen-bond acceptors (Lipinski definition) is 3. The first-order chi connectivity index (χ1) is 4.22. The van der Waals surface area contributed by atoms with Gasteiger partial charge in [0.05, 0.1) is 5.70 Å². The van der Waals surface area contributed by atoms with Crippen LogP contribution in [0.2, 0.25) is 0 Å². The molecule has 0 amide bonds. The van der Waals surface area contributed by atoms with Crippen LogP contribution in [0.25, 0.3) is 0 Å². The summed E-state index contributed by atoms with van der Waals surface area (Å²) < 4.78 is 0. The minimum Gasteiger partial charge on any atom is -0.269 e. The van der Waals surface area contributed by atoms with Crippen LogP contribution < -0.4 is 5.84 Å². The van der Waals surface area contributed by atoms with Gasteiger partial charge in [-0.3, -0.25) is 5.01 Å². The molecule has 0 aromatic rings. The standard InChI is InChI=1S/C6H9N3/c1-5-3-8-4-9(7)6(5)2/h3-4H,2,7H2,1H3. The highest BCUT2D eigenvalue weighted by atomic mass is 15.4. The van der Waals surface area contributed by atoms with Gasteiger partial charge in [-0.1, -0.05) is 6.58 Å². The molecule has 3 nitrogen and oxygen atoms in total. The summed E-state index contributed by atoms with van der Waals surface area (Å²) in [6, 6.07) is 0. The van der Waals surface area contributed by atoms with Gasteiger partial charge in [-0.15, -0.1) is 0 Å². The Kier molecular flexibility index (Phi) is 1.36. The molecule has 0 aromatic carbocycles. The fraction of sp³-hybridized carbons (Fsp3) is 0.167. The number of rotatable bonds is 0. The fourth-order valence-electron chi connectivity index (χ4n) is 0.565. The molecule has 1 rings (SSSR count). The smallest absolute Gasteiger partial charge is 0.109 e. The van der Waals surface area contributed by atoms with Gasteiger partial charge < -0.3 is 0 Å². The first-order valence-corrected chi connectivity index (χ1v) is 2.65. The monoisotopic (exact) mass is 123 g/mol. The second-order valence-electron chi connectivity index (χ2n) is 1.93. The lowest BCUT2D eigenvalue weighted by Gasteiger charge is -2.18. The van der Waals surface area contributed by atoms with Crippen molar-refractivity contribution in [3.05, 3.63) is 24.0 Å². The highest BCUT2D eigenvalue weighted by Crippen LogP contribution is 2.10. The molecule has 1 heterocycles. The molecule has 0 bridgehead atoms. The van der Waals surface area contributed by atoms with Crippen molar-refractivity contribution >= 4 is 6.34 Å². The van der Waals surface area contributed by atoms with Crippen LogP contribution in [0.3, 0.4) is 0 Å². The van der Waals surface area contributed by atoms with Crippen LogP contribution in [-0.2, 0) is 0 Å². The fourth-order valence-corrected chi connectivity index (χ4v) is 0.565. The lowest BCUT2D eigenvalue weighted by atomic mass is 10.2. The Balaban J connectivity index is 2.86. The molecule has 0 saturated carbocycles. The molecule has 0 saturated heterocycles. The van der Waals surface area contributed by atoms with E-state index in [-0.39, 0.29) is 0 Å². The zero-order chi connectivity index (χ0) is 6.85. The van der Waals surface area contributed by atoms with Crippen molar-refractivity contribution in [1.82, 2.24) is 5.01 Å². The number of hydrogen-bond donors (Lipinski definition) is 1. The van der Waals surface area contributed by atoms with Crippen LogP contribution in [0, 0.1) is 0 Å². The van der Waals surface area contributed by atoms with Gasteiger partial charge in [-0.2, -0.15) is 0 Å². The van der Waals surface area contributed by atoms with E-state index in [0.717, 1.165) is 11.3 Å². The maximum absolute atomic E-state index is 5.41. The predicted octanol–water partition coefficient (Wildman–Crippen LogP) is 0.622. The van der Waals surface area contributed by atoms with Gasteiger partial charge in [0.2, 0.25) is 0 Å². The third-order valence-electron chi connectivity index (χ3n) is 1.23. The number of allylic oxidation sites excluding steroid dienone is 1. The summed E-state index contributed by atoms with van der Waals surface area (Å²) in [5, 5.41) is 1.40. The molecule has 0 atom stereocenters. The van der Waals surface area contributed by atoms with Crippen molar-refractivity contribution in [1.29, 1.82) is 0 Å². The molecule has 9 heavy (non-hydrogen) atoms. The number of hydrazine groups is 1. The van der Waals surface area contributed by atoms with Gasteiger partial charge in [-0.05, 0) is 12.5 Å². The number of aliphatic imine (C=N–C) groups is 1.